The first kappa shape index (κ1) is 25.1. The normalized spacial score (nSPS) is 28.7. The highest BCUT2D eigenvalue weighted by molar-refractivity contribution is 8.34. The Kier molecular flexibility index (Phi) is 6.05. The fourth-order valence-electron chi connectivity index (χ4n) is 8.29. The molecule has 3 aromatic rings. The number of halogens is 2. The smallest absolute Gasteiger partial charge is 0.281 e. The van der Waals surface area contributed by atoms with Crippen LogP contribution in [0.5, 0.6) is 0 Å². The Bertz CT molecular complexity index is 1230. The largest absolute Gasteiger partial charge is 0.381 e. The Morgan fingerprint density at radius 3 is 1.30 bits per heavy atom. The lowest BCUT2D eigenvalue weighted by Gasteiger charge is -2.64. The zero-order valence-corrected chi connectivity index (χ0v) is 22.2. The predicted octanol–water partition coefficient (Wildman–Crippen LogP) is 8.03. The molecule has 4 saturated carbocycles. The zero-order valence-electron chi connectivity index (χ0n) is 20.5. The molecule has 0 radical (unpaired) electrons. The highest BCUT2D eigenvalue weighted by Gasteiger charge is 2.70. The molecule has 4 fully saturated rings. The molecule has 0 amide bonds. The fraction of sp³-hybridized carbons (Fsp3) is 0.400. The predicted molar refractivity (Wildman–Crippen MR) is 143 cm³/mol. The molecule has 4 aliphatic rings. The molecule has 4 bridgehead atoms. The third-order valence-corrected chi connectivity index (χ3v) is 14.6. The summed E-state index contributed by atoms with van der Waals surface area (Å²) in [6.45, 7) is 0. The minimum atomic E-state index is -5.71. The molecule has 37 heavy (non-hydrogen) atoms. The molecule has 196 valence electrons. The van der Waals surface area contributed by atoms with Gasteiger partial charge in [0.2, 0.25) is 0 Å². The fourth-order valence-corrected chi connectivity index (χ4v) is 14.5. The molecule has 0 heterocycles. The van der Waals surface area contributed by atoms with E-state index in [0.717, 1.165) is 19.3 Å². The molecule has 0 saturated heterocycles. The van der Waals surface area contributed by atoms with Gasteiger partial charge in [0.25, 0.3) is 0 Å². The van der Waals surface area contributed by atoms with Crippen molar-refractivity contribution >= 4 is 20.1 Å². The van der Waals surface area contributed by atoms with Crippen molar-refractivity contribution in [2.45, 2.75) is 63.7 Å². The Labute approximate surface area is 219 Å². The highest BCUT2D eigenvalue weighted by atomic mass is 32.3. The molecule has 3 aromatic carbocycles. The van der Waals surface area contributed by atoms with Crippen LogP contribution in [0.15, 0.2) is 106 Å². The van der Waals surface area contributed by atoms with Gasteiger partial charge in [0.05, 0.1) is 5.25 Å². The SMILES string of the molecule is O=S(=O)(O)C(F)(F)C(C12CC3CC(CC(C3)C1)C2)S(c1ccccc1)(c1ccccc1)c1ccccc1. The van der Waals surface area contributed by atoms with E-state index in [1.165, 1.54) is 0 Å². The summed E-state index contributed by atoms with van der Waals surface area (Å²) >= 11 is 0. The second kappa shape index (κ2) is 8.92. The standard InChI is InChI=1S/C30H32F2O3S2/c31-30(32,37(33,34)35)28(29-19-22-16-23(20-29)18-24(17-22)21-29)36(25-10-4-1-5-11-25,26-12-6-2-7-13-26)27-14-8-3-9-15-27/h1-15,22-24,28H,16-21H2,(H,33,34,35). The first-order valence-corrected chi connectivity index (χ1v) is 16.1. The summed E-state index contributed by atoms with van der Waals surface area (Å²) in [6, 6.07) is 27.8. The maximum atomic E-state index is 16.8. The second-order valence-corrected chi connectivity index (χ2v) is 16.0. The van der Waals surface area contributed by atoms with Crippen molar-refractivity contribution in [3.05, 3.63) is 91.0 Å². The first-order chi connectivity index (χ1) is 17.7. The van der Waals surface area contributed by atoms with Crippen LogP contribution in [0.4, 0.5) is 8.78 Å². The number of alkyl halides is 2. The van der Waals surface area contributed by atoms with Crippen molar-refractivity contribution in [3.8, 4) is 0 Å². The van der Waals surface area contributed by atoms with Gasteiger partial charge in [-0.25, -0.2) is 0 Å². The second-order valence-electron chi connectivity index (χ2n) is 11.3. The van der Waals surface area contributed by atoms with Crippen LogP contribution in [-0.4, -0.2) is 23.5 Å². The molecule has 0 spiro atoms. The van der Waals surface area contributed by atoms with Gasteiger partial charge in [0, 0.05) is 0 Å². The van der Waals surface area contributed by atoms with Crippen LogP contribution in [0.1, 0.15) is 38.5 Å². The molecular weight excluding hydrogens is 510 g/mol. The lowest BCUT2D eigenvalue weighted by atomic mass is 9.48. The van der Waals surface area contributed by atoms with E-state index in [0.29, 0.717) is 51.7 Å². The number of hydrogen-bond donors (Lipinski definition) is 1. The van der Waals surface area contributed by atoms with E-state index < -0.39 is 36.1 Å². The summed E-state index contributed by atoms with van der Waals surface area (Å²) in [4.78, 5) is 2.07. The van der Waals surface area contributed by atoms with Crippen molar-refractivity contribution < 1.29 is 21.8 Å². The van der Waals surface area contributed by atoms with Crippen LogP contribution < -0.4 is 0 Å². The molecule has 7 rings (SSSR count). The average molecular weight is 543 g/mol. The summed E-state index contributed by atoms with van der Waals surface area (Å²) < 4.78 is 69.4. The molecule has 3 nitrogen and oxygen atoms in total. The van der Waals surface area contributed by atoms with Crippen LogP contribution >= 0.6 is 10.0 Å². The average Bonchev–Trinajstić information content (AvgIpc) is 2.87. The highest BCUT2D eigenvalue weighted by Crippen LogP contribution is 2.80. The van der Waals surface area contributed by atoms with Crippen LogP contribution in [0.3, 0.4) is 0 Å². The van der Waals surface area contributed by atoms with Gasteiger partial charge in [-0.05, 0) is 113 Å². The Morgan fingerprint density at radius 2 is 1.00 bits per heavy atom. The van der Waals surface area contributed by atoms with Gasteiger partial charge in [0.15, 0.2) is 0 Å². The molecule has 4 aliphatic carbocycles. The molecule has 1 N–H and O–H groups in total. The van der Waals surface area contributed by atoms with Crippen molar-refractivity contribution in [2.75, 3.05) is 0 Å². The minimum absolute atomic E-state index is 0.324. The van der Waals surface area contributed by atoms with Gasteiger partial charge in [0.1, 0.15) is 0 Å². The molecular formula is C30H32F2O3S2. The van der Waals surface area contributed by atoms with Crippen molar-refractivity contribution in [2.24, 2.45) is 23.2 Å². The summed E-state index contributed by atoms with van der Waals surface area (Å²) in [5.41, 5.74) is -0.898. The lowest BCUT2D eigenvalue weighted by molar-refractivity contribution is -0.0883. The van der Waals surface area contributed by atoms with Crippen LogP contribution in [-0.2, 0) is 10.1 Å². The van der Waals surface area contributed by atoms with Gasteiger partial charge in [-0.3, -0.25) is 4.55 Å². The van der Waals surface area contributed by atoms with Gasteiger partial charge in [-0.15, -0.1) is 10.0 Å². The minimum Gasteiger partial charge on any atom is -0.281 e. The van der Waals surface area contributed by atoms with E-state index >= 15 is 8.78 Å². The third-order valence-electron chi connectivity index (χ3n) is 8.99. The quantitative estimate of drug-likeness (QED) is 0.308. The number of benzene rings is 3. The topological polar surface area (TPSA) is 54.4 Å². The van der Waals surface area contributed by atoms with Gasteiger partial charge in [-0.1, -0.05) is 54.6 Å². The summed E-state index contributed by atoms with van der Waals surface area (Å²) in [5.74, 6) is 0.973. The maximum Gasteiger partial charge on any atom is 0.381 e. The Morgan fingerprint density at radius 1 is 0.676 bits per heavy atom. The van der Waals surface area contributed by atoms with Crippen molar-refractivity contribution in [1.82, 2.24) is 0 Å². The van der Waals surface area contributed by atoms with Crippen LogP contribution in [0, 0.1) is 23.2 Å². The Balaban J connectivity index is 1.75. The zero-order chi connectivity index (χ0) is 25.9. The lowest BCUT2D eigenvalue weighted by Crippen LogP contribution is -2.60. The van der Waals surface area contributed by atoms with Gasteiger partial charge in [-0.2, -0.15) is 17.2 Å². The van der Waals surface area contributed by atoms with E-state index in [1.54, 1.807) is 0 Å². The number of hydrogen-bond acceptors (Lipinski definition) is 2. The van der Waals surface area contributed by atoms with E-state index in [2.05, 4.69) is 0 Å². The number of rotatable bonds is 7. The van der Waals surface area contributed by atoms with Gasteiger partial charge < -0.3 is 0 Å². The molecule has 7 heteroatoms. The van der Waals surface area contributed by atoms with Crippen molar-refractivity contribution in [3.63, 3.8) is 0 Å². The van der Waals surface area contributed by atoms with Crippen LogP contribution in [0.25, 0.3) is 0 Å². The maximum absolute atomic E-state index is 16.8. The molecule has 0 aliphatic heterocycles. The van der Waals surface area contributed by atoms with Gasteiger partial charge >= 0.3 is 15.4 Å². The Hall–Kier alpha value is -2.22. The molecule has 0 aromatic heterocycles. The third kappa shape index (κ3) is 3.88. The van der Waals surface area contributed by atoms with Crippen molar-refractivity contribution in [1.29, 1.82) is 0 Å². The first-order valence-electron chi connectivity index (χ1n) is 13.0. The van der Waals surface area contributed by atoms with E-state index in [1.807, 2.05) is 91.0 Å². The van der Waals surface area contributed by atoms with Crippen LogP contribution in [0.2, 0.25) is 0 Å². The summed E-state index contributed by atoms with van der Waals surface area (Å²) in [5, 5.41) is -5.95. The molecule has 1 atom stereocenters. The van der Waals surface area contributed by atoms with E-state index in [-0.39, 0.29) is 0 Å². The monoisotopic (exact) mass is 542 g/mol. The summed E-state index contributed by atoms with van der Waals surface area (Å²) in [6.07, 6.45) is 4.84. The summed E-state index contributed by atoms with van der Waals surface area (Å²) in [7, 11) is -8.58. The molecule has 1 unspecified atom stereocenters. The van der Waals surface area contributed by atoms with E-state index in [4.69, 9.17) is 0 Å². The van der Waals surface area contributed by atoms with E-state index in [9.17, 15) is 13.0 Å².